The molecule has 0 heterocycles. The van der Waals surface area contributed by atoms with E-state index in [0.29, 0.717) is 29.3 Å². The fourth-order valence-electron chi connectivity index (χ4n) is 4.03. The molecule has 1 unspecified atom stereocenters. The van der Waals surface area contributed by atoms with Crippen LogP contribution in [0.2, 0.25) is 0 Å². The smallest absolute Gasteiger partial charge is 0.407 e. The Kier molecular flexibility index (Phi) is 7.85. The summed E-state index contributed by atoms with van der Waals surface area (Å²) in [7, 11) is 0. The number of nitrogens with one attached hydrogen (secondary N) is 3. The quantitative estimate of drug-likeness (QED) is 0.318. The van der Waals surface area contributed by atoms with Gasteiger partial charge < -0.3 is 26.4 Å². The molecule has 2 amide bonds. The third kappa shape index (κ3) is 6.82. The van der Waals surface area contributed by atoms with Gasteiger partial charge in [0.25, 0.3) is 5.91 Å². The van der Waals surface area contributed by atoms with Crippen LogP contribution in [0.3, 0.4) is 0 Å². The number of benzene rings is 3. The highest BCUT2D eigenvalue weighted by molar-refractivity contribution is 6.05. The van der Waals surface area contributed by atoms with Crippen molar-refractivity contribution < 1.29 is 18.7 Å². The summed E-state index contributed by atoms with van der Waals surface area (Å²) in [6.07, 6.45) is 0.640. The van der Waals surface area contributed by atoms with Crippen LogP contribution in [0, 0.1) is 5.82 Å². The van der Waals surface area contributed by atoms with Crippen LogP contribution in [0.15, 0.2) is 66.7 Å². The van der Waals surface area contributed by atoms with Crippen molar-refractivity contribution in [2.24, 2.45) is 0 Å². The summed E-state index contributed by atoms with van der Waals surface area (Å²) >= 11 is 0. The van der Waals surface area contributed by atoms with Crippen molar-refractivity contribution in [3.63, 3.8) is 0 Å². The Morgan fingerprint density at radius 3 is 2.39 bits per heavy atom. The highest BCUT2D eigenvalue weighted by Gasteiger charge is 2.38. The van der Waals surface area contributed by atoms with Gasteiger partial charge in [-0.05, 0) is 53.4 Å². The number of alkyl carbamates (subject to hydrolysis) is 1. The van der Waals surface area contributed by atoms with Crippen molar-refractivity contribution >= 4 is 23.4 Å². The number of amides is 2. The second kappa shape index (κ2) is 11.2. The van der Waals surface area contributed by atoms with Gasteiger partial charge in [0, 0.05) is 30.1 Å². The fraction of sp³-hybridized carbons (Fsp3) is 0.286. The van der Waals surface area contributed by atoms with Crippen LogP contribution in [-0.2, 0) is 17.9 Å². The van der Waals surface area contributed by atoms with E-state index in [4.69, 9.17) is 10.5 Å². The molecule has 0 spiro atoms. The van der Waals surface area contributed by atoms with Crippen LogP contribution in [0.1, 0.15) is 53.2 Å². The number of anilines is 2. The Balaban J connectivity index is 1.19. The maximum Gasteiger partial charge on any atom is 0.407 e. The molecule has 188 valence electrons. The molecule has 5 N–H and O–H groups in total. The van der Waals surface area contributed by atoms with Gasteiger partial charge >= 0.3 is 6.09 Å². The van der Waals surface area contributed by atoms with Gasteiger partial charge in [-0.3, -0.25) is 4.79 Å². The lowest BCUT2D eigenvalue weighted by molar-refractivity contribution is 0.102. The van der Waals surface area contributed by atoms with Crippen LogP contribution in [0.4, 0.5) is 20.6 Å². The van der Waals surface area contributed by atoms with E-state index in [-0.39, 0.29) is 24.7 Å². The lowest BCUT2D eigenvalue weighted by Crippen LogP contribution is -2.25. The molecule has 0 saturated heterocycles. The summed E-state index contributed by atoms with van der Waals surface area (Å²) in [6.45, 7) is 4.76. The average molecular weight is 491 g/mol. The summed E-state index contributed by atoms with van der Waals surface area (Å²) in [5.74, 6) is -0.281. The molecule has 4 rings (SSSR count). The van der Waals surface area contributed by atoms with Crippen LogP contribution < -0.4 is 21.7 Å². The zero-order valence-electron chi connectivity index (χ0n) is 20.4. The predicted octanol–water partition coefficient (Wildman–Crippen LogP) is 4.94. The number of hydrogen-bond donors (Lipinski definition) is 4. The Hall–Kier alpha value is -3.91. The molecule has 0 aliphatic heterocycles. The third-order valence-corrected chi connectivity index (χ3v) is 6.03. The van der Waals surface area contributed by atoms with E-state index in [1.807, 2.05) is 12.1 Å². The van der Waals surface area contributed by atoms with Crippen molar-refractivity contribution in [1.82, 2.24) is 10.6 Å². The molecule has 3 aromatic rings. The summed E-state index contributed by atoms with van der Waals surface area (Å²) in [4.78, 5) is 24.5. The van der Waals surface area contributed by atoms with Gasteiger partial charge in [-0.15, -0.1) is 0 Å². The number of nitrogens with two attached hydrogens (primary N) is 1. The number of ether oxygens (including phenoxy) is 1. The van der Waals surface area contributed by atoms with Gasteiger partial charge in [0.1, 0.15) is 12.4 Å². The SMILES string of the molecule is CC(C)N[C@H]1CC1c1ccc(COC(=O)NCc2ccc(C(=O)Nc3ccc(F)cc3N)cc2)cc1. The fourth-order valence-corrected chi connectivity index (χ4v) is 4.03. The highest BCUT2D eigenvalue weighted by atomic mass is 19.1. The van der Waals surface area contributed by atoms with Crippen molar-refractivity contribution in [2.75, 3.05) is 11.1 Å². The van der Waals surface area contributed by atoms with E-state index in [9.17, 15) is 14.0 Å². The van der Waals surface area contributed by atoms with Crippen molar-refractivity contribution in [2.45, 2.75) is 51.4 Å². The van der Waals surface area contributed by atoms with Crippen molar-refractivity contribution in [3.05, 3.63) is 94.8 Å². The first-order valence-corrected chi connectivity index (χ1v) is 12.0. The Labute approximate surface area is 210 Å². The van der Waals surface area contributed by atoms with Gasteiger partial charge in [0.05, 0.1) is 11.4 Å². The molecule has 0 bridgehead atoms. The number of carbonyl (C=O) groups is 2. The Morgan fingerprint density at radius 2 is 1.72 bits per heavy atom. The minimum Gasteiger partial charge on any atom is -0.445 e. The second-order valence-electron chi connectivity index (χ2n) is 9.32. The molecule has 1 saturated carbocycles. The normalized spacial score (nSPS) is 16.4. The standard InChI is InChI=1S/C28H31FN4O3/c1-17(2)32-26-14-23(26)20-7-5-19(6-8-20)16-36-28(35)31-15-18-3-9-21(10-4-18)27(34)33-25-12-11-22(29)13-24(25)30/h3-13,17,23,26,32H,14-16,30H2,1-2H3,(H,31,35)(H,33,34)/t23?,26-/m0/s1. The number of rotatable bonds is 9. The molecule has 8 heteroatoms. The predicted molar refractivity (Wildman–Crippen MR) is 138 cm³/mol. The van der Waals surface area contributed by atoms with Gasteiger partial charge in [-0.1, -0.05) is 50.2 Å². The number of nitrogen functional groups attached to an aromatic ring is 1. The van der Waals surface area contributed by atoms with E-state index in [1.54, 1.807) is 24.3 Å². The van der Waals surface area contributed by atoms with E-state index in [0.717, 1.165) is 23.6 Å². The average Bonchev–Trinajstić information content (AvgIpc) is 3.62. The maximum absolute atomic E-state index is 13.2. The van der Waals surface area contributed by atoms with Crippen LogP contribution >= 0.6 is 0 Å². The topological polar surface area (TPSA) is 105 Å². The molecule has 2 atom stereocenters. The lowest BCUT2D eigenvalue weighted by Gasteiger charge is -2.10. The third-order valence-electron chi connectivity index (χ3n) is 6.03. The summed E-state index contributed by atoms with van der Waals surface area (Å²) < 4.78 is 18.5. The van der Waals surface area contributed by atoms with Gasteiger partial charge in [-0.2, -0.15) is 0 Å². The Bertz CT molecular complexity index is 1210. The number of carbonyl (C=O) groups excluding carboxylic acids is 2. The number of halogens is 1. The van der Waals surface area contributed by atoms with E-state index in [2.05, 4.69) is 41.9 Å². The minimum atomic E-state index is -0.518. The van der Waals surface area contributed by atoms with E-state index >= 15 is 0 Å². The van der Waals surface area contributed by atoms with Gasteiger partial charge in [-0.25, -0.2) is 9.18 Å². The molecule has 1 fully saturated rings. The first kappa shape index (κ1) is 25.2. The monoisotopic (exact) mass is 490 g/mol. The van der Waals surface area contributed by atoms with E-state index < -0.39 is 11.9 Å². The largest absolute Gasteiger partial charge is 0.445 e. The maximum atomic E-state index is 13.2. The second-order valence-corrected chi connectivity index (χ2v) is 9.32. The molecular formula is C28H31FN4O3. The number of hydrogen-bond acceptors (Lipinski definition) is 5. The molecular weight excluding hydrogens is 459 g/mol. The summed E-state index contributed by atoms with van der Waals surface area (Å²) in [5.41, 5.74) is 9.67. The summed E-state index contributed by atoms with van der Waals surface area (Å²) in [5, 5.41) is 8.92. The molecule has 7 nitrogen and oxygen atoms in total. The van der Waals surface area contributed by atoms with Crippen molar-refractivity contribution in [3.8, 4) is 0 Å². The van der Waals surface area contributed by atoms with E-state index in [1.165, 1.54) is 17.7 Å². The minimum absolute atomic E-state index is 0.147. The van der Waals surface area contributed by atoms with Crippen LogP contribution in [-0.4, -0.2) is 24.1 Å². The zero-order valence-corrected chi connectivity index (χ0v) is 20.4. The lowest BCUT2D eigenvalue weighted by atomic mass is 10.1. The highest BCUT2D eigenvalue weighted by Crippen LogP contribution is 2.41. The molecule has 3 aromatic carbocycles. The molecule has 36 heavy (non-hydrogen) atoms. The van der Waals surface area contributed by atoms with Crippen LogP contribution in [0.5, 0.6) is 0 Å². The van der Waals surface area contributed by atoms with Crippen LogP contribution in [0.25, 0.3) is 0 Å². The van der Waals surface area contributed by atoms with Crippen molar-refractivity contribution in [1.29, 1.82) is 0 Å². The molecule has 0 radical (unpaired) electrons. The van der Waals surface area contributed by atoms with Gasteiger partial charge in [0.2, 0.25) is 0 Å². The summed E-state index contributed by atoms with van der Waals surface area (Å²) in [6, 6.07) is 19.8. The molecule has 0 aromatic heterocycles. The Morgan fingerprint density at radius 1 is 1.03 bits per heavy atom. The van der Waals surface area contributed by atoms with Gasteiger partial charge in [0.15, 0.2) is 0 Å². The molecule has 1 aliphatic rings. The first-order valence-electron chi connectivity index (χ1n) is 12.0. The first-order chi connectivity index (χ1) is 17.3. The zero-order chi connectivity index (χ0) is 25.7. The molecule has 1 aliphatic carbocycles.